The Balaban J connectivity index is 2.33. The van der Waals surface area contributed by atoms with Crippen LogP contribution in [0, 0.1) is 10.5 Å². The lowest BCUT2D eigenvalue weighted by molar-refractivity contribution is 0.640. The van der Waals surface area contributed by atoms with Crippen LogP contribution in [0.5, 0.6) is 0 Å². The normalized spacial score (nSPS) is 10.9. The minimum absolute atomic E-state index is 0.227. The SMILES string of the molecule is CCc1cc(=S)nc(-c2ccc(F)c3ccccc23)[nH]1. The Morgan fingerprint density at radius 2 is 1.90 bits per heavy atom. The molecule has 0 bridgehead atoms. The number of nitrogens with one attached hydrogen (secondary N) is 1. The van der Waals surface area contributed by atoms with Crippen LogP contribution in [0.2, 0.25) is 0 Å². The maximum atomic E-state index is 13.9. The Morgan fingerprint density at radius 3 is 2.65 bits per heavy atom. The summed E-state index contributed by atoms with van der Waals surface area (Å²) in [6, 6.07) is 12.4. The van der Waals surface area contributed by atoms with Gasteiger partial charge in [0.2, 0.25) is 0 Å². The van der Waals surface area contributed by atoms with Gasteiger partial charge in [-0.2, -0.15) is 0 Å². The lowest BCUT2D eigenvalue weighted by atomic mass is 10.0. The highest BCUT2D eigenvalue weighted by Crippen LogP contribution is 2.28. The fraction of sp³-hybridized carbons (Fsp3) is 0.125. The molecule has 0 aliphatic carbocycles. The number of rotatable bonds is 2. The molecule has 0 aliphatic rings. The van der Waals surface area contributed by atoms with Crippen LogP contribution >= 0.6 is 12.2 Å². The minimum atomic E-state index is -0.227. The fourth-order valence-electron chi connectivity index (χ4n) is 2.29. The predicted molar refractivity (Wildman–Crippen MR) is 81.7 cm³/mol. The highest BCUT2D eigenvalue weighted by atomic mass is 32.1. The molecule has 100 valence electrons. The molecule has 0 saturated carbocycles. The first-order valence-electron chi connectivity index (χ1n) is 6.47. The van der Waals surface area contributed by atoms with Crippen molar-refractivity contribution < 1.29 is 4.39 Å². The van der Waals surface area contributed by atoms with Gasteiger partial charge in [0.05, 0.1) is 0 Å². The summed E-state index contributed by atoms with van der Waals surface area (Å²) in [5.74, 6) is 0.458. The summed E-state index contributed by atoms with van der Waals surface area (Å²) >= 11 is 5.20. The molecule has 0 amide bonds. The van der Waals surface area contributed by atoms with Crippen molar-refractivity contribution in [1.29, 1.82) is 0 Å². The molecule has 0 spiro atoms. The number of hydrogen-bond acceptors (Lipinski definition) is 2. The van der Waals surface area contributed by atoms with E-state index >= 15 is 0 Å². The number of aromatic nitrogens is 2. The van der Waals surface area contributed by atoms with E-state index in [-0.39, 0.29) is 5.82 Å². The number of H-pyrrole nitrogens is 1. The summed E-state index contributed by atoms with van der Waals surface area (Å²) in [5.41, 5.74) is 1.89. The first kappa shape index (κ1) is 12.9. The van der Waals surface area contributed by atoms with Crippen LogP contribution in [-0.2, 0) is 6.42 Å². The molecule has 0 atom stereocenters. The smallest absolute Gasteiger partial charge is 0.139 e. The van der Waals surface area contributed by atoms with E-state index in [4.69, 9.17) is 12.2 Å². The summed E-state index contributed by atoms with van der Waals surface area (Å²) in [5, 5.41) is 1.42. The van der Waals surface area contributed by atoms with Crippen molar-refractivity contribution >= 4 is 23.0 Å². The Bertz CT molecular complexity index is 839. The van der Waals surface area contributed by atoms with Crippen molar-refractivity contribution in [2.75, 3.05) is 0 Å². The maximum Gasteiger partial charge on any atom is 0.139 e. The van der Waals surface area contributed by atoms with Crippen molar-refractivity contribution in [3.05, 3.63) is 58.6 Å². The van der Waals surface area contributed by atoms with Gasteiger partial charge in [-0.3, -0.25) is 0 Å². The average Bonchev–Trinajstić information content (AvgIpc) is 2.47. The van der Waals surface area contributed by atoms with E-state index in [0.29, 0.717) is 15.9 Å². The molecule has 0 saturated heterocycles. The zero-order valence-corrected chi connectivity index (χ0v) is 11.8. The number of halogens is 1. The molecule has 3 rings (SSSR count). The molecule has 1 N–H and O–H groups in total. The van der Waals surface area contributed by atoms with E-state index in [1.54, 1.807) is 12.1 Å². The molecule has 2 aromatic carbocycles. The lowest BCUT2D eigenvalue weighted by Crippen LogP contribution is -1.96. The molecule has 0 aliphatic heterocycles. The molecule has 4 heteroatoms. The van der Waals surface area contributed by atoms with Crippen LogP contribution in [0.4, 0.5) is 4.39 Å². The summed E-state index contributed by atoms with van der Waals surface area (Å²) in [7, 11) is 0. The lowest BCUT2D eigenvalue weighted by Gasteiger charge is -2.08. The van der Waals surface area contributed by atoms with Gasteiger partial charge in [0.15, 0.2) is 0 Å². The predicted octanol–water partition coefficient (Wildman–Crippen LogP) is 4.66. The van der Waals surface area contributed by atoms with Gasteiger partial charge >= 0.3 is 0 Å². The van der Waals surface area contributed by atoms with Gasteiger partial charge in [0.25, 0.3) is 0 Å². The van der Waals surface area contributed by atoms with Crippen LogP contribution in [0.1, 0.15) is 12.6 Å². The van der Waals surface area contributed by atoms with Crippen molar-refractivity contribution in [3.63, 3.8) is 0 Å². The number of hydrogen-bond donors (Lipinski definition) is 1. The highest BCUT2D eigenvalue weighted by Gasteiger charge is 2.09. The van der Waals surface area contributed by atoms with Gasteiger partial charge in [0, 0.05) is 16.6 Å². The first-order chi connectivity index (χ1) is 9.69. The van der Waals surface area contributed by atoms with E-state index in [1.807, 2.05) is 31.2 Å². The number of aromatic amines is 1. The third-order valence-corrected chi connectivity index (χ3v) is 3.51. The molecule has 1 heterocycles. The molecule has 20 heavy (non-hydrogen) atoms. The molecule has 0 unspecified atom stereocenters. The van der Waals surface area contributed by atoms with Gasteiger partial charge in [-0.15, -0.1) is 0 Å². The first-order valence-corrected chi connectivity index (χ1v) is 6.87. The second kappa shape index (κ2) is 5.13. The van der Waals surface area contributed by atoms with E-state index in [9.17, 15) is 4.39 Å². The summed E-state index contributed by atoms with van der Waals surface area (Å²) in [6.07, 6.45) is 0.846. The Labute approximate surface area is 121 Å². The second-order valence-corrected chi connectivity index (χ2v) is 5.01. The van der Waals surface area contributed by atoms with Crippen LogP contribution in [0.15, 0.2) is 42.5 Å². The van der Waals surface area contributed by atoms with Crippen LogP contribution < -0.4 is 0 Å². The van der Waals surface area contributed by atoms with Gasteiger partial charge in [-0.05, 0) is 30.0 Å². The van der Waals surface area contributed by atoms with E-state index in [1.165, 1.54) is 6.07 Å². The standard InChI is InChI=1S/C16H13FN2S/c1-2-10-9-15(20)19-16(18-10)13-7-8-14(17)12-6-4-3-5-11(12)13/h3-9H,2H2,1H3,(H,18,19,20). The van der Waals surface area contributed by atoms with Crippen molar-refractivity contribution in [1.82, 2.24) is 9.97 Å². The summed E-state index contributed by atoms with van der Waals surface area (Å²) < 4.78 is 14.4. The topological polar surface area (TPSA) is 28.7 Å². The van der Waals surface area contributed by atoms with E-state index < -0.39 is 0 Å². The zero-order valence-electron chi connectivity index (χ0n) is 11.0. The van der Waals surface area contributed by atoms with Crippen LogP contribution in [0.25, 0.3) is 22.2 Å². The third kappa shape index (κ3) is 2.23. The fourth-order valence-corrected chi connectivity index (χ4v) is 2.53. The summed E-state index contributed by atoms with van der Waals surface area (Å²) in [4.78, 5) is 7.63. The third-order valence-electron chi connectivity index (χ3n) is 3.31. The molecule has 3 aromatic rings. The molecule has 1 aromatic heterocycles. The average molecular weight is 284 g/mol. The highest BCUT2D eigenvalue weighted by molar-refractivity contribution is 7.71. The number of nitrogens with zero attached hydrogens (tertiary/aromatic N) is 1. The van der Waals surface area contributed by atoms with Gasteiger partial charge in [-0.1, -0.05) is 43.4 Å². The monoisotopic (exact) mass is 284 g/mol. The Hall–Kier alpha value is -2.07. The van der Waals surface area contributed by atoms with Crippen molar-refractivity contribution in [3.8, 4) is 11.4 Å². The van der Waals surface area contributed by atoms with Crippen LogP contribution in [0.3, 0.4) is 0 Å². The molecular formula is C16H13FN2S. The maximum absolute atomic E-state index is 13.9. The Kier molecular flexibility index (Phi) is 3.32. The number of aryl methyl sites for hydroxylation is 1. The number of fused-ring (bicyclic) bond motifs is 1. The van der Waals surface area contributed by atoms with E-state index in [0.717, 1.165) is 23.1 Å². The molecule has 0 radical (unpaired) electrons. The number of benzene rings is 2. The minimum Gasteiger partial charge on any atom is -0.343 e. The second-order valence-electron chi connectivity index (χ2n) is 4.59. The zero-order chi connectivity index (χ0) is 14.1. The van der Waals surface area contributed by atoms with Crippen LogP contribution in [-0.4, -0.2) is 9.97 Å². The quantitative estimate of drug-likeness (QED) is 0.693. The van der Waals surface area contributed by atoms with Gasteiger partial charge in [0.1, 0.15) is 16.3 Å². The Morgan fingerprint density at radius 1 is 1.15 bits per heavy atom. The molecular weight excluding hydrogens is 271 g/mol. The summed E-state index contributed by atoms with van der Waals surface area (Å²) in [6.45, 7) is 2.05. The molecule has 0 fully saturated rings. The van der Waals surface area contributed by atoms with Crippen molar-refractivity contribution in [2.45, 2.75) is 13.3 Å². The van der Waals surface area contributed by atoms with E-state index in [2.05, 4.69) is 9.97 Å². The molecule has 2 nitrogen and oxygen atoms in total. The van der Waals surface area contributed by atoms with Gasteiger partial charge in [-0.25, -0.2) is 9.37 Å². The van der Waals surface area contributed by atoms with Crippen molar-refractivity contribution in [2.24, 2.45) is 0 Å². The van der Waals surface area contributed by atoms with Gasteiger partial charge < -0.3 is 4.98 Å². The largest absolute Gasteiger partial charge is 0.343 e.